The van der Waals surface area contributed by atoms with E-state index in [1.54, 1.807) is 0 Å². The van der Waals surface area contributed by atoms with Crippen LogP contribution in [0, 0.1) is 11.8 Å². The van der Waals surface area contributed by atoms with Gasteiger partial charge in [0.25, 0.3) is 0 Å². The van der Waals surface area contributed by atoms with Gasteiger partial charge in [-0.1, -0.05) is 19.9 Å². The molecule has 2 aliphatic rings. The molecule has 0 aromatic heterocycles. The van der Waals surface area contributed by atoms with Gasteiger partial charge in [0.1, 0.15) is 0 Å². The molecule has 2 heterocycles. The van der Waals surface area contributed by atoms with Crippen LogP contribution in [0.2, 0.25) is 0 Å². The molecule has 152 valence electrons. The summed E-state index contributed by atoms with van der Waals surface area (Å²) in [5, 5.41) is 0. The van der Waals surface area contributed by atoms with Crippen LogP contribution in [-0.4, -0.2) is 65.5 Å². The Morgan fingerprint density at radius 2 is 1.46 bits per heavy atom. The Labute approximate surface area is 163 Å². The Kier molecular flexibility index (Phi) is 8.96. The highest BCUT2D eigenvalue weighted by Gasteiger charge is 2.22. The SMILES string of the molecule is CC(C)C1CC=CN(C(C)CCC(C)N2CCCN(C(C)C)CC2)CC1. The minimum Gasteiger partial charge on any atom is -0.375 e. The van der Waals surface area contributed by atoms with Crippen molar-refractivity contribution in [2.45, 2.75) is 91.8 Å². The molecular formula is C23H45N3. The third-order valence-corrected chi connectivity index (χ3v) is 6.92. The Morgan fingerprint density at radius 1 is 0.808 bits per heavy atom. The second-order valence-corrected chi connectivity index (χ2v) is 9.45. The summed E-state index contributed by atoms with van der Waals surface area (Å²) in [6, 6.07) is 2.07. The van der Waals surface area contributed by atoms with Crippen molar-refractivity contribution in [3.05, 3.63) is 12.3 Å². The van der Waals surface area contributed by atoms with Crippen LogP contribution in [0.4, 0.5) is 0 Å². The van der Waals surface area contributed by atoms with Crippen LogP contribution in [0.15, 0.2) is 12.3 Å². The molecule has 1 saturated heterocycles. The van der Waals surface area contributed by atoms with Crippen LogP contribution < -0.4 is 0 Å². The second-order valence-electron chi connectivity index (χ2n) is 9.45. The number of hydrogen-bond acceptors (Lipinski definition) is 3. The zero-order chi connectivity index (χ0) is 19.1. The molecule has 26 heavy (non-hydrogen) atoms. The molecule has 0 saturated carbocycles. The zero-order valence-electron chi connectivity index (χ0n) is 18.5. The number of allylic oxidation sites excluding steroid dienone is 1. The Morgan fingerprint density at radius 3 is 2.15 bits per heavy atom. The van der Waals surface area contributed by atoms with E-state index in [2.05, 4.69) is 68.5 Å². The maximum absolute atomic E-state index is 2.74. The molecule has 3 atom stereocenters. The summed E-state index contributed by atoms with van der Waals surface area (Å²) in [7, 11) is 0. The molecule has 1 fully saturated rings. The predicted octanol–water partition coefficient (Wildman–Crippen LogP) is 4.84. The van der Waals surface area contributed by atoms with Gasteiger partial charge in [0.2, 0.25) is 0 Å². The normalized spacial score (nSPS) is 26.2. The summed E-state index contributed by atoms with van der Waals surface area (Å²) >= 11 is 0. The number of rotatable bonds is 7. The summed E-state index contributed by atoms with van der Waals surface area (Å²) in [5.74, 6) is 1.67. The first-order chi connectivity index (χ1) is 12.4. The Bertz CT molecular complexity index is 418. The van der Waals surface area contributed by atoms with Crippen LogP contribution in [-0.2, 0) is 0 Å². The van der Waals surface area contributed by atoms with Crippen molar-refractivity contribution in [1.29, 1.82) is 0 Å². The van der Waals surface area contributed by atoms with Crippen molar-refractivity contribution in [3.63, 3.8) is 0 Å². The monoisotopic (exact) mass is 363 g/mol. The zero-order valence-corrected chi connectivity index (χ0v) is 18.5. The molecule has 0 N–H and O–H groups in total. The third kappa shape index (κ3) is 6.56. The quantitative estimate of drug-likeness (QED) is 0.641. The first-order valence-electron chi connectivity index (χ1n) is 11.3. The van der Waals surface area contributed by atoms with E-state index in [0.717, 1.165) is 11.8 Å². The van der Waals surface area contributed by atoms with E-state index in [1.165, 1.54) is 64.8 Å². The maximum Gasteiger partial charge on any atom is 0.0256 e. The van der Waals surface area contributed by atoms with Crippen molar-refractivity contribution in [2.75, 3.05) is 32.7 Å². The van der Waals surface area contributed by atoms with Gasteiger partial charge in [0.05, 0.1) is 0 Å². The highest BCUT2D eigenvalue weighted by molar-refractivity contribution is 4.92. The molecule has 0 amide bonds. The van der Waals surface area contributed by atoms with Gasteiger partial charge in [-0.2, -0.15) is 0 Å². The summed E-state index contributed by atoms with van der Waals surface area (Å²) in [4.78, 5) is 7.99. The van der Waals surface area contributed by atoms with E-state index >= 15 is 0 Å². The van der Waals surface area contributed by atoms with Crippen molar-refractivity contribution in [3.8, 4) is 0 Å². The maximum atomic E-state index is 2.74. The standard InChI is InChI=1S/C23H45N3/c1-19(2)23-9-7-13-25(16-12-23)21(5)10-11-22(6)26-15-8-14-24(17-18-26)20(3)4/h7,13,19-23H,8-12,14-18H2,1-6H3. The summed E-state index contributed by atoms with van der Waals surface area (Å²) in [6.45, 7) is 20.6. The average Bonchev–Trinajstić information content (AvgIpc) is 3.00. The first kappa shape index (κ1) is 21.8. The fraction of sp³-hybridized carbons (Fsp3) is 0.913. The molecule has 0 bridgehead atoms. The largest absolute Gasteiger partial charge is 0.375 e. The third-order valence-electron chi connectivity index (χ3n) is 6.92. The lowest BCUT2D eigenvalue weighted by Crippen LogP contribution is -2.39. The van der Waals surface area contributed by atoms with Crippen LogP contribution in [0.1, 0.15) is 73.6 Å². The fourth-order valence-electron chi connectivity index (χ4n) is 4.60. The van der Waals surface area contributed by atoms with Gasteiger partial charge >= 0.3 is 0 Å². The molecule has 0 radical (unpaired) electrons. The van der Waals surface area contributed by atoms with E-state index in [-0.39, 0.29) is 0 Å². The van der Waals surface area contributed by atoms with Crippen molar-refractivity contribution in [1.82, 2.24) is 14.7 Å². The van der Waals surface area contributed by atoms with Crippen molar-refractivity contribution < 1.29 is 0 Å². The van der Waals surface area contributed by atoms with Crippen LogP contribution >= 0.6 is 0 Å². The van der Waals surface area contributed by atoms with Gasteiger partial charge in [0.15, 0.2) is 0 Å². The molecule has 3 nitrogen and oxygen atoms in total. The number of nitrogens with zero attached hydrogens (tertiary/aromatic N) is 3. The van der Waals surface area contributed by atoms with Gasteiger partial charge < -0.3 is 4.90 Å². The summed E-state index contributed by atoms with van der Waals surface area (Å²) in [5.41, 5.74) is 0. The highest BCUT2D eigenvalue weighted by Crippen LogP contribution is 2.25. The van der Waals surface area contributed by atoms with E-state index in [4.69, 9.17) is 0 Å². The van der Waals surface area contributed by atoms with Gasteiger partial charge in [-0.25, -0.2) is 0 Å². The molecule has 2 aliphatic heterocycles. The lowest BCUT2D eigenvalue weighted by Gasteiger charge is -2.32. The fourth-order valence-corrected chi connectivity index (χ4v) is 4.60. The van der Waals surface area contributed by atoms with Gasteiger partial charge in [-0.05, 0) is 90.9 Å². The topological polar surface area (TPSA) is 9.72 Å². The van der Waals surface area contributed by atoms with Crippen LogP contribution in [0.5, 0.6) is 0 Å². The minimum absolute atomic E-state index is 0.666. The molecule has 0 spiro atoms. The lowest BCUT2D eigenvalue weighted by atomic mass is 9.90. The Hall–Kier alpha value is -0.540. The number of hydrogen-bond donors (Lipinski definition) is 0. The molecule has 3 unspecified atom stereocenters. The van der Waals surface area contributed by atoms with E-state index in [9.17, 15) is 0 Å². The van der Waals surface area contributed by atoms with E-state index in [1.807, 2.05) is 0 Å². The average molecular weight is 364 g/mol. The lowest BCUT2D eigenvalue weighted by molar-refractivity contribution is 0.175. The molecule has 3 heteroatoms. The molecular weight excluding hydrogens is 318 g/mol. The first-order valence-corrected chi connectivity index (χ1v) is 11.3. The van der Waals surface area contributed by atoms with E-state index < -0.39 is 0 Å². The summed E-state index contributed by atoms with van der Waals surface area (Å²) in [6.07, 6.45) is 11.4. The molecule has 0 aromatic rings. The minimum atomic E-state index is 0.666. The van der Waals surface area contributed by atoms with Crippen LogP contribution in [0.3, 0.4) is 0 Å². The Balaban J connectivity index is 1.75. The van der Waals surface area contributed by atoms with E-state index in [0.29, 0.717) is 18.1 Å². The molecule has 2 rings (SSSR count). The van der Waals surface area contributed by atoms with Crippen molar-refractivity contribution in [2.24, 2.45) is 11.8 Å². The van der Waals surface area contributed by atoms with Crippen LogP contribution in [0.25, 0.3) is 0 Å². The predicted molar refractivity (Wildman–Crippen MR) is 114 cm³/mol. The molecule has 0 aromatic carbocycles. The molecule has 0 aliphatic carbocycles. The second kappa shape index (κ2) is 10.7. The van der Waals surface area contributed by atoms with Gasteiger partial charge in [-0.3, -0.25) is 9.80 Å². The van der Waals surface area contributed by atoms with Crippen molar-refractivity contribution >= 4 is 0 Å². The van der Waals surface area contributed by atoms with Gasteiger partial charge in [-0.15, -0.1) is 0 Å². The highest BCUT2D eigenvalue weighted by atomic mass is 15.2. The summed E-state index contributed by atoms with van der Waals surface area (Å²) < 4.78 is 0. The van der Waals surface area contributed by atoms with Gasteiger partial charge in [0, 0.05) is 37.8 Å². The smallest absolute Gasteiger partial charge is 0.0256 e.